The molecule has 0 heterocycles. The van der Waals surface area contributed by atoms with Crippen LogP contribution in [0.4, 0.5) is 5.69 Å². The van der Waals surface area contributed by atoms with Crippen molar-refractivity contribution in [2.75, 3.05) is 5.32 Å². The van der Waals surface area contributed by atoms with Crippen LogP contribution in [0.1, 0.15) is 18.1 Å². The van der Waals surface area contributed by atoms with Gasteiger partial charge < -0.3 is 5.32 Å². The topological polar surface area (TPSA) is 70.6 Å². The first-order chi connectivity index (χ1) is 11.5. The largest absolute Gasteiger partial charge is 0.329 e. The molecule has 5 nitrogen and oxygen atoms in total. The molecule has 2 rings (SSSR count). The van der Waals surface area contributed by atoms with Crippen LogP contribution in [0.2, 0.25) is 10.0 Å². The van der Waals surface area contributed by atoms with Crippen LogP contribution >= 0.6 is 23.2 Å². The SMILES string of the molecule is CCc1ccccc1NC(=O)C(=O)N/N=C/c1ccc(Cl)c(Cl)c1. The van der Waals surface area contributed by atoms with Crippen LogP contribution in [0, 0.1) is 0 Å². The van der Waals surface area contributed by atoms with Gasteiger partial charge in [-0.05, 0) is 35.7 Å². The Labute approximate surface area is 149 Å². The van der Waals surface area contributed by atoms with Crippen molar-refractivity contribution in [3.05, 3.63) is 63.6 Å². The molecule has 0 aromatic heterocycles. The van der Waals surface area contributed by atoms with Gasteiger partial charge in [0.25, 0.3) is 0 Å². The van der Waals surface area contributed by atoms with Gasteiger partial charge in [-0.1, -0.05) is 54.4 Å². The van der Waals surface area contributed by atoms with Crippen molar-refractivity contribution in [1.29, 1.82) is 0 Å². The minimum atomic E-state index is -0.864. The first kappa shape index (κ1) is 18.0. The molecule has 2 N–H and O–H groups in total. The molecular weight excluding hydrogens is 349 g/mol. The Balaban J connectivity index is 1.95. The smallest absolute Gasteiger partial charge is 0.317 e. The molecule has 2 aromatic carbocycles. The van der Waals surface area contributed by atoms with E-state index < -0.39 is 11.8 Å². The van der Waals surface area contributed by atoms with Crippen molar-refractivity contribution in [1.82, 2.24) is 5.43 Å². The molecule has 24 heavy (non-hydrogen) atoms. The highest BCUT2D eigenvalue weighted by Crippen LogP contribution is 2.21. The number of hydrogen-bond donors (Lipinski definition) is 2. The average molecular weight is 364 g/mol. The van der Waals surface area contributed by atoms with Crippen LogP contribution in [0.5, 0.6) is 0 Å². The number of hydrogen-bond acceptors (Lipinski definition) is 3. The number of amides is 2. The molecule has 0 radical (unpaired) electrons. The number of halogens is 2. The minimum absolute atomic E-state index is 0.376. The van der Waals surface area contributed by atoms with Crippen molar-refractivity contribution in [2.45, 2.75) is 13.3 Å². The van der Waals surface area contributed by atoms with E-state index in [-0.39, 0.29) is 0 Å². The number of nitrogens with zero attached hydrogens (tertiary/aromatic N) is 1. The van der Waals surface area contributed by atoms with E-state index in [2.05, 4.69) is 15.8 Å². The number of carbonyl (C=O) groups excluding carboxylic acids is 2. The van der Waals surface area contributed by atoms with Gasteiger partial charge in [0.05, 0.1) is 16.3 Å². The predicted octanol–water partition coefficient (Wildman–Crippen LogP) is 3.64. The second kappa shape index (κ2) is 8.47. The Bertz CT molecular complexity index is 791. The van der Waals surface area contributed by atoms with Gasteiger partial charge in [-0.3, -0.25) is 9.59 Å². The van der Waals surface area contributed by atoms with Crippen molar-refractivity contribution < 1.29 is 9.59 Å². The fourth-order valence-corrected chi connectivity index (χ4v) is 2.25. The van der Waals surface area contributed by atoms with Gasteiger partial charge in [0.15, 0.2) is 0 Å². The fraction of sp³-hybridized carbons (Fsp3) is 0.118. The van der Waals surface area contributed by atoms with Crippen molar-refractivity contribution >= 4 is 46.9 Å². The van der Waals surface area contributed by atoms with Crippen LogP contribution in [0.3, 0.4) is 0 Å². The van der Waals surface area contributed by atoms with Crippen molar-refractivity contribution in [3.63, 3.8) is 0 Å². The lowest BCUT2D eigenvalue weighted by Gasteiger charge is -2.08. The van der Waals surface area contributed by atoms with E-state index in [9.17, 15) is 9.59 Å². The Kier molecular flexibility index (Phi) is 6.35. The standard InChI is InChI=1S/C17H15Cl2N3O2/c1-2-12-5-3-4-6-15(12)21-16(23)17(24)22-20-10-11-7-8-13(18)14(19)9-11/h3-10H,2H2,1H3,(H,21,23)(H,22,24)/b20-10+. The molecule has 0 unspecified atom stereocenters. The van der Waals surface area contributed by atoms with E-state index >= 15 is 0 Å². The number of carbonyl (C=O) groups is 2. The number of nitrogens with one attached hydrogen (secondary N) is 2. The lowest BCUT2D eigenvalue weighted by atomic mass is 10.1. The maximum Gasteiger partial charge on any atom is 0.329 e. The van der Waals surface area contributed by atoms with Crippen LogP contribution in [0.25, 0.3) is 0 Å². The zero-order chi connectivity index (χ0) is 17.5. The molecule has 0 atom stereocenters. The molecule has 0 saturated heterocycles. The predicted molar refractivity (Wildman–Crippen MR) is 96.6 cm³/mol. The van der Waals surface area contributed by atoms with E-state index in [1.165, 1.54) is 6.21 Å². The van der Waals surface area contributed by atoms with Gasteiger partial charge in [-0.2, -0.15) is 5.10 Å². The van der Waals surface area contributed by atoms with Crippen LogP contribution < -0.4 is 10.7 Å². The normalized spacial score (nSPS) is 10.6. The Morgan fingerprint density at radius 1 is 1.08 bits per heavy atom. The summed E-state index contributed by atoms with van der Waals surface area (Å²) in [6, 6.07) is 12.2. The molecule has 0 spiro atoms. The molecule has 124 valence electrons. The fourth-order valence-electron chi connectivity index (χ4n) is 1.94. The molecule has 0 bridgehead atoms. The third kappa shape index (κ3) is 4.81. The van der Waals surface area contributed by atoms with Gasteiger partial charge in [-0.15, -0.1) is 0 Å². The maximum absolute atomic E-state index is 11.9. The lowest BCUT2D eigenvalue weighted by Crippen LogP contribution is -2.32. The molecule has 0 aliphatic rings. The van der Waals surface area contributed by atoms with E-state index in [0.717, 1.165) is 12.0 Å². The zero-order valence-corrected chi connectivity index (χ0v) is 14.4. The Hall–Kier alpha value is -2.37. The van der Waals surface area contributed by atoms with Gasteiger partial charge in [0.2, 0.25) is 0 Å². The molecule has 0 aliphatic carbocycles. The molecular formula is C17H15Cl2N3O2. The first-order valence-corrected chi connectivity index (χ1v) is 7.94. The molecule has 2 amide bonds. The van der Waals surface area contributed by atoms with Gasteiger partial charge in [-0.25, -0.2) is 5.43 Å². The maximum atomic E-state index is 11.9. The summed E-state index contributed by atoms with van der Waals surface area (Å²) < 4.78 is 0. The lowest BCUT2D eigenvalue weighted by molar-refractivity contribution is -0.136. The second-order valence-electron chi connectivity index (χ2n) is 4.84. The van der Waals surface area contributed by atoms with Gasteiger partial charge >= 0.3 is 11.8 Å². The highest BCUT2D eigenvalue weighted by molar-refractivity contribution is 6.42. The number of aryl methyl sites for hydroxylation is 1. The monoisotopic (exact) mass is 363 g/mol. The first-order valence-electron chi connectivity index (χ1n) is 7.18. The summed E-state index contributed by atoms with van der Waals surface area (Å²) >= 11 is 11.7. The van der Waals surface area contributed by atoms with E-state index in [0.29, 0.717) is 21.3 Å². The third-order valence-corrected chi connectivity index (χ3v) is 3.92. The molecule has 7 heteroatoms. The highest BCUT2D eigenvalue weighted by atomic mass is 35.5. The van der Waals surface area contributed by atoms with Gasteiger partial charge in [0, 0.05) is 5.69 Å². The number of benzene rings is 2. The number of anilines is 1. The quantitative estimate of drug-likeness (QED) is 0.494. The Morgan fingerprint density at radius 3 is 2.54 bits per heavy atom. The Morgan fingerprint density at radius 2 is 1.83 bits per heavy atom. The average Bonchev–Trinajstić information content (AvgIpc) is 2.58. The van der Waals surface area contributed by atoms with Crippen molar-refractivity contribution in [2.24, 2.45) is 5.10 Å². The van der Waals surface area contributed by atoms with E-state index in [1.807, 2.05) is 19.1 Å². The number of rotatable bonds is 4. The summed E-state index contributed by atoms with van der Waals surface area (Å²) in [6.45, 7) is 1.96. The highest BCUT2D eigenvalue weighted by Gasteiger charge is 2.14. The van der Waals surface area contributed by atoms with Crippen LogP contribution in [-0.2, 0) is 16.0 Å². The molecule has 2 aromatic rings. The third-order valence-electron chi connectivity index (χ3n) is 3.18. The van der Waals surface area contributed by atoms with Crippen LogP contribution in [-0.4, -0.2) is 18.0 Å². The molecule has 0 saturated carbocycles. The summed E-state index contributed by atoms with van der Waals surface area (Å²) in [5.41, 5.74) is 4.35. The van der Waals surface area contributed by atoms with Crippen molar-refractivity contribution in [3.8, 4) is 0 Å². The molecule has 0 aliphatic heterocycles. The molecule has 0 fully saturated rings. The van der Waals surface area contributed by atoms with Crippen LogP contribution in [0.15, 0.2) is 47.6 Å². The second-order valence-corrected chi connectivity index (χ2v) is 5.65. The summed E-state index contributed by atoms with van der Waals surface area (Å²) in [5, 5.41) is 7.09. The number of hydrazone groups is 1. The zero-order valence-electron chi connectivity index (χ0n) is 12.8. The van der Waals surface area contributed by atoms with E-state index in [4.69, 9.17) is 23.2 Å². The van der Waals surface area contributed by atoms with Gasteiger partial charge in [0.1, 0.15) is 0 Å². The van der Waals surface area contributed by atoms with E-state index in [1.54, 1.807) is 30.3 Å². The minimum Gasteiger partial charge on any atom is -0.317 e. The summed E-state index contributed by atoms with van der Waals surface area (Å²) in [7, 11) is 0. The summed E-state index contributed by atoms with van der Waals surface area (Å²) in [5.74, 6) is -1.65. The number of para-hydroxylation sites is 1. The summed E-state index contributed by atoms with van der Waals surface area (Å²) in [6.07, 6.45) is 2.11. The summed E-state index contributed by atoms with van der Waals surface area (Å²) in [4.78, 5) is 23.7.